The van der Waals surface area contributed by atoms with Gasteiger partial charge < -0.3 is 0 Å². The van der Waals surface area contributed by atoms with E-state index in [-0.39, 0.29) is 0 Å². The van der Waals surface area contributed by atoms with Crippen molar-refractivity contribution in [3.63, 3.8) is 0 Å². The molecular weight excluding hydrogens is 140 g/mol. The zero-order chi connectivity index (χ0) is 5.86. The van der Waals surface area contributed by atoms with Crippen molar-refractivity contribution in [2.45, 2.75) is 19.9 Å². The summed E-state index contributed by atoms with van der Waals surface area (Å²) < 4.78 is 0. The SMILES string of the molecule is CC(C)C[SiH]([SiH3])Cl. The highest BCUT2D eigenvalue weighted by atomic mass is 35.6. The van der Waals surface area contributed by atoms with Crippen LogP contribution in [0.1, 0.15) is 13.8 Å². The second-order valence-corrected chi connectivity index (χ2v) is 13.1. The normalized spacial score (nSPS) is 15.4. The van der Waals surface area contributed by atoms with Crippen molar-refractivity contribution in [1.82, 2.24) is 0 Å². The van der Waals surface area contributed by atoms with Crippen molar-refractivity contribution in [1.29, 1.82) is 0 Å². The van der Waals surface area contributed by atoms with Gasteiger partial charge in [0.15, 0.2) is 0 Å². The van der Waals surface area contributed by atoms with Gasteiger partial charge in [0.1, 0.15) is 7.62 Å². The van der Waals surface area contributed by atoms with E-state index in [0.717, 1.165) is 5.92 Å². The number of rotatable bonds is 2. The molecule has 0 nitrogen and oxygen atoms in total. The van der Waals surface area contributed by atoms with Crippen LogP contribution in [0.2, 0.25) is 6.04 Å². The molecule has 0 aromatic carbocycles. The van der Waals surface area contributed by atoms with Crippen molar-refractivity contribution < 1.29 is 0 Å². The van der Waals surface area contributed by atoms with Gasteiger partial charge in [0.25, 0.3) is 0 Å². The van der Waals surface area contributed by atoms with Crippen LogP contribution in [0.4, 0.5) is 0 Å². The minimum atomic E-state index is -0.617. The van der Waals surface area contributed by atoms with Crippen LogP contribution in [0.3, 0.4) is 0 Å². The van der Waals surface area contributed by atoms with Crippen molar-refractivity contribution in [3.05, 3.63) is 0 Å². The summed E-state index contributed by atoms with van der Waals surface area (Å²) in [6, 6.07) is 1.33. The Hall–Kier alpha value is 0.724. The van der Waals surface area contributed by atoms with E-state index < -0.39 is 7.62 Å². The fourth-order valence-corrected chi connectivity index (χ4v) is 5.85. The molecule has 0 aliphatic rings. The smallest absolute Gasteiger partial charge is 0.121 e. The highest BCUT2D eigenvalue weighted by Crippen LogP contribution is 2.04. The van der Waals surface area contributed by atoms with Crippen LogP contribution in [0.25, 0.3) is 0 Å². The third kappa shape index (κ3) is 6.72. The lowest BCUT2D eigenvalue weighted by Crippen LogP contribution is -2.06. The molecule has 1 unspecified atom stereocenters. The molecule has 3 heteroatoms. The van der Waals surface area contributed by atoms with E-state index in [2.05, 4.69) is 13.8 Å². The van der Waals surface area contributed by atoms with Crippen LogP contribution < -0.4 is 0 Å². The average Bonchev–Trinajstić information content (AvgIpc) is 1.27. The monoisotopic (exact) mass is 152 g/mol. The zero-order valence-corrected chi connectivity index (χ0v) is 9.15. The zero-order valence-electron chi connectivity index (χ0n) is 5.24. The molecular formula is C4H13ClSi2. The number of halogens is 1. The van der Waals surface area contributed by atoms with Crippen LogP contribution in [-0.2, 0) is 0 Å². The van der Waals surface area contributed by atoms with Crippen LogP contribution in [0, 0.1) is 5.92 Å². The molecule has 0 heterocycles. The Bertz CT molecular complexity index is 39.0. The molecule has 0 aromatic rings. The first-order valence-corrected chi connectivity index (χ1v) is 9.95. The summed E-state index contributed by atoms with van der Waals surface area (Å²) in [4.78, 5) is 0. The van der Waals surface area contributed by atoms with Gasteiger partial charge in [-0.05, 0) is 12.0 Å². The Morgan fingerprint density at radius 3 is 2.14 bits per heavy atom. The molecule has 0 aliphatic carbocycles. The predicted molar refractivity (Wildman–Crippen MR) is 42.6 cm³/mol. The summed E-state index contributed by atoms with van der Waals surface area (Å²) >= 11 is 5.87. The Morgan fingerprint density at radius 2 is 2.14 bits per heavy atom. The lowest BCUT2D eigenvalue weighted by atomic mass is 10.3. The molecule has 0 aromatic heterocycles. The Labute approximate surface area is 54.8 Å². The molecule has 0 rings (SSSR count). The van der Waals surface area contributed by atoms with Gasteiger partial charge in [-0.15, -0.1) is 0 Å². The highest BCUT2D eigenvalue weighted by molar-refractivity contribution is 7.31. The van der Waals surface area contributed by atoms with E-state index in [1.165, 1.54) is 15.8 Å². The van der Waals surface area contributed by atoms with Gasteiger partial charge in [-0.3, -0.25) is 0 Å². The molecule has 0 aliphatic heterocycles. The number of hydrogen-bond donors (Lipinski definition) is 0. The van der Waals surface area contributed by atoms with E-state index >= 15 is 0 Å². The molecule has 1 atom stereocenters. The van der Waals surface area contributed by atoms with Gasteiger partial charge in [-0.2, -0.15) is 11.1 Å². The maximum Gasteiger partial charge on any atom is 0.121 e. The van der Waals surface area contributed by atoms with Crippen molar-refractivity contribution in [3.8, 4) is 0 Å². The average molecular weight is 153 g/mol. The highest BCUT2D eigenvalue weighted by Gasteiger charge is 2.00. The summed E-state index contributed by atoms with van der Waals surface area (Å²) in [5.74, 6) is 0.840. The molecule has 7 heavy (non-hydrogen) atoms. The Kier molecular flexibility index (Phi) is 4.07. The van der Waals surface area contributed by atoms with Crippen LogP contribution >= 0.6 is 11.1 Å². The molecule has 0 bridgehead atoms. The molecule has 0 saturated carbocycles. The Morgan fingerprint density at radius 1 is 1.71 bits per heavy atom. The first-order valence-electron chi connectivity index (χ1n) is 2.77. The van der Waals surface area contributed by atoms with E-state index in [1.54, 1.807) is 0 Å². The fourth-order valence-electron chi connectivity index (χ4n) is 0.650. The molecule has 44 valence electrons. The van der Waals surface area contributed by atoms with Crippen molar-refractivity contribution >= 4 is 28.5 Å². The summed E-state index contributed by atoms with van der Waals surface area (Å²) in [5.41, 5.74) is 0. The quantitative estimate of drug-likeness (QED) is 0.399. The van der Waals surface area contributed by atoms with E-state index in [0.29, 0.717) is 0 Å². The second kappa shape index (κ2) is 3.69. The van der Waals surface area contributed by atoms with Crippen molar-refractivity contribution in [2.24, 2.45) is 5.92 Å². The fraction of sp³-hybridized carbons (Fsp3) is 1.00. The molecule has 0 spiro atoms. The predicted octanol–water partition coefficient (Wildman–Crippen LogP) is 0.467. The Balaban J connectivity index is 2.95. The molecule has 0 amide bonds. The van der Waals surface area contributed by atoms with E-state index in [1.807, 2.05) is 0 Å². The third-order valence-corrected chi connectivity index (χ3v) is 4.34. The molecule has 0 radical (unpaired) electrons. The first kappa shape index (κ1) is 7.72. The summed E-state index contributed by atoms with van der Waals surface area (Å²) in [6.45, 7) is 4.47. The van der Waals surface area contributed by atoms with Gasteiger partial charge in [-0.1, -0.05) is 13.8 Å². The summed E-state index contributed by atoms with van der Waals surface area (Å²) in [6.07, 6.45) is 0. The van der Waals surface area contributed by atoms with Gasteiger partial charge >= 0.3 is 0 Å². The van der Waals surface area contributed by atoms with Crippen LogP contribution in [0.5, 0.6) is 0 Å². The largest absolute Gasteiger partial charge is 0.176 e. The number of hydrogen-bond acceptors (Lipinski definition) is 0. The molecule has 0 saturated heterocycles. The third-order valence-electron chi connectivity index (χ3n) is 0.796. The minimum absolute atomic E-state index is 0.617. The van der Waals surface area contributed by atoms with Gasteiger partial charge in [0, 0.05) is 9.76 Å². The van der Waals surface area contributed by atoms with E-state index in [4.69, 9.17) is 11.1 Å². The first-order chi connectivity index (χ1) is 3.13. The van der Waals surface area contributed by atoms with Gasteiger partial charge in [0.2, 0.25) is 0 Å². The minimum Gasteiger partial charge on any atom is -0.176 e. The van der Waals surface area contributed by atoms with E-state index in [9.17, 15) is 0 Å². The maximum atomic E-state index is 5.87. The lowest BCUT2D eigenvalue weighted by molar-refractivity contribution is 0.732. The standard InChI is InChI=1S/C4H13ClSi2/c1-4(2)3-7(5)6/h4,7H,3H2,1-2,6H3. The van der Waals surface area contributed by atoms with Crippen molar-refractivity contribution in [2.75, 3.05) is 0 Å². The van der Waals surface area contributed by atoms with Gasteiger partial charge in [0.05, 0.1) is 0 Å². The lowest BCUT2D eigenvalue weighted by Gasteiger charge is -2.01. The second-order valence-electron chi connectivity index (χ2n) is 2.41. The van der Waals surface area contributed by atoms with Gasteiger partial charge in [-0.25, -0.2) is 0 Å². The summed E-state index contributed by atoms with van der Waals surface area (Å²) in [7, 11) is 0.654. The molecule has 0 fully saturated rings. The molecule has 0 N–H and O–H groups in total. The topological polar surface area (TPSA) is 0 Å². The summed E-state index contributed by atoms with van der Waals surface area (Å²) in [5, 5.41) is 0. The van der Waals surface area contributed by atoms with Crippen LogP contribution in [-0.4, -0.2) is 17.4 Å². The van der Waals surface area contributed by atoms with Crippen LogP contribution in [0.15, 0.2) is 0 Å². The maximum absolute atomic E-state index is 5.87.